The number of hydrogen-bond acceptors (Lipinski definition) is 8. The van der Waals surface area contributed by atoms with Gasteiger partial charge in [0.1, 0.15) is 19.8 Å². The van der Waals surface area contributed by atoms with E-state index in [4.69, 9.17) is 18.5 Å². The van der Waals surface area contributed by atoms with E-state index in [2.05, 4.69) is 38.2 Å². The van der Waals surface area contributed by atoms with Gasteiger partial charge in [-0.1, -0.05) is 218 Å². The highest BCUT2D eigenvalue weighted by Crippen LogP contribution is 2.38. The van der Waals surface area contributed by atoms with Gasteiger partial charge in [-0.3, -0.25) is 14.2 Å². The van der Waals surface area contributed by atoms with Gasteiger partial charge in [0.2, 0.25) is 0 Å². The van der Waals surface area contributed by atoms with Gasteiger partial charge in [0.05, 0.1) is 27.7 Å². The number of nitrogens with zero attached hydrogens (tertiary/aromatic N) is 1. The van der Waals surface area contributed by atoms with Crippen LogP contribution >= 0.6 is 7.82 Å². The summed E-state index contributed by atoms with van der Waals surface area (Å²) >= 11 is 0. The second-order valence-corrected chi connectivity index (χ2v) is 20.7. The number of phosphoric ester groups is 1. The van der Waals surface area contributed by atoms with Crippen molar-refractivity contribution in [2.75, 3.05) is 47.5 Å². The number of phosphoric acid groups is 1. The molecule has 0 aromatic rings. The lowest BCUT2D eigenvalue weighted by Gasteiger charge is -2.28. The van der Waals surface area contributed by atoms with Gasteiger partial charge < -0.3 is 27.9 Å². The van der Waals surface area contributed by atoms with Gasteiger partial charge in [-0.2, -0.15) is 0 Å². The van der Waals surface area contributed by atoms with Crippen LogP contribution < -0.4 is 4.89 Å². The molecule has 372 valence electrons. The molecule has 0 heterocycles. The molecule has 0 aliphatic carbocycles. The van der Waals surface area contributed by atoms with Crippen LogP contribution in [0.5, 0.6) is 0 Å². The van der Waals surface area contributed by atoms with E-state index in [9.17, 15) is 19.0 Å². The largest absolute Gasteiger partial charge is 0.756 e. The molecule has 0 rings (SSSR count). The molecule has 10 heteroatoms. The van der Waals surface area contributed by atoms with Crippen molar-refractivity contribution in [3.63, 3.8) is 0 Å². The SMILES string of the molecule is CCCCC/C=C/C/C=C/CCCCCCCCCCCC(=O)OC[C@H](COP(=O)([O-])OCC[N+](C)(C)C)OC(=O)CCCCCCCCCCCCCCCCCCCCCC. The Hall–Kier alpha value is -1.51. The Balaban J connectivity index is 4.21. The van der Waals surface area contributed by atoms with Crippen LogP contribution in [0.3, 0.4) is 0 Å². The number of carbonyl (C=O) groups excluding carboxylic acids is 2. The lowest BCUT2D eigenvalue weighted by atomic mass is 10.0. The highest BCUT2D eigenvalue weighted by atomic mass is 31.2. The third-order valence-corrected chi connectivity index (χ3v) is 12.7. The highest BCUT2D eigenvalue weighted by Gasteiger charge is 2.21. The average Bonchev–Trinajstić information content (AvgIpc) is 3.24. The van der Waals surface area contributed by atoms with Gasteiger partial charge in [-0.15, -0.1) is 0 Å². The summed E-state index contributed by atoms with van der Waals surface area (Å²) < 4.78 is 34.1. The maximum absolute atomic E-state index is 12.8. The molecule has 0 N–H and O–H groups in total. The van der Waals surface area contributed by atoms with Crippen molar-refractivity contribution in [3.8, 4) is 0 Å². The number of hydrogen-bond donors (Lipinski definition) is 0. The van der Waals surface area contributed by atoms with E-state index >= 15 is 0 Å². The summed E-state index contributed by atoms with van der Waals surface area (Å²) in [7, 11) is 1.17. The van der Waals surface area contributed by atoms with Crippen molar-refractivity contribution in [2.45, 2.75) is 258 Å². The first-order valence-corrected chi connectivity index (χ1v) is 28.0. The van der Waals surface area contributed by atoms with Crippen molar-refractivity contribution in [1.29, 1.82) is 0 Å². The van der Waals surface area contributed by atoms with E-state index in [-0.39, 0.29) is 32.0 Å². The summed E-state index contributed by atoms with van der Waals surface area (Å²) in [5.41, 5.74) is 0. The second-order valence-electron chi connectivity index (χ2n) is 19.2. The zero-order chi connectivity index (χ0) is 46.4. The first-order chi connectivity index (χ1) is 30.5. The van der Waals surface area contributed by atoms with Crippen LogP contribution in [0.1, 0.15) is 251 Å². The molecule has 0 aromatic carbocycles. The molecule has 0 spiro atoms. The van der Waals surface area contributed by atoms with Crippen molar-refractivity contribution in [3.05, 3.63) is 24.3 Å². The second kappa shape index (κ2) is 45.6. The average molecular weight is 912 g/mol. The predicted molar refractivity (Wildman–Crippen MR) is 264 cm³/mol. The summed E-state index contributed by atoms with van der Waals surface area (Å²) in [6.45, 7) is 4.25. The van der Waals surface area contributed by atoms with E-state index in [0.717, 1.165) is 38.5 Å². The van der Waals surface area contributed by atoms with Gasteiger partial charge in [0, 0.05) is 12.8 Å². The predicted octanol–water partition coefficient (Wildman–Crippen LogP) is 15.2. The van der Waals surface area contributed by atoms with E-state index in [1.165, 1.54) is 180 Å². The third-order valence-electron chi connectivity index (χ3n) is 11.7. The van der Waals surface area contributed by atoms with E-state index in [1.54, 1.807) is 0 Å². The maximum atomic E-state index is 12.8. The Morgan fingerprint density at radius 1 is 0.492 bits per heavy atom. The molecular formula is C53H102NO8P. The van der Waals surface area contributed by atoms with Crippen LogP contribution in [0.2, 0.25) is 0 Å². The third kappa shape index (κ3) is 49.8. The molecule has 0 fully saturated rings. The summed E-state index contributed by atoms with van der Waals surface area (Å²) in [4.78, 5) is 37.8. The molecule has 9 nitrogen and oxygen atoms in total. The molecule has 0 saturated heterocycles. The molecular weight excluding hydrogens is 810 g/mol. The van der Waals surface area contributed by atoms with Gasteiger partial charge >= 0.3 is 11.9 Å². The lowest BCUT2D eigenvalue weighted by molar-refractivity contribution is -0.870. The Morgan fingerprint density at radius 2 is 0.857 bits per heavy atom. The van der Waals surface area contributed by atoms with Gasteiger partial charge in [-0.25, -0.2) is 0 Å². The van der Waals surface area contributed by atoms with E-state index < -0.39 is 26.5 Å². The van der Waals surface area contributed by atoms with Crippen LogP contribution in [0.15, 0.2) is 24.3 Å². The maximum Gasteiger partial charge on any atom is 0.306 e. The van der Waals surface area contributed by atoms with Crippen LogP contribution in [0.4, 0.5) is 0 Å². The molecule has 0 amide bonds. The number of likely N-dealkylation sites (N-methyl/N-ethyl adjacent to an activating group) is 1. The van der Waals surface area contributed by atoms with Crippen molar-refractivity contribution in [1.82, 2.24) is 0 Å². The fourth-order valence-electron chi connectivity index (χ4n) is 7.57. The number of esters is 2. The number of carbonyl (C=O) groups is 2. The number of rotatable bonds is 49. The van der Waals surface area contributed by atoms with Crippen LogP contribution in [-0.4, -0.2) is 70.0 Å². The van der Waals surface area contributed by atoms with Crippen molar-refractivity contribution >= 4 is 19.8 Å². The quantitative estimate of drug-likeness (QED) is 0.0195. The summed E-state index contributed by atoms with van der Waals surface area (Å²) in [6.07, 6.45) is 52.0. The van der Waals surface area contributed by atoms with Crippen LogP contribution in [0.25, 0.3) is 0 Å². The first kappa shape index (κ1) is 61.5. The van der Waals surface area contributed by atoms with Crippen LogP contribution in [0, 0.1) is 0 Å². The zero-order valence-electron chi connectivity index (χ0n) is 42.0. The summed E-state index contributed by atoms with van der Waals surface area (Å²) in [5.74, 6) is -0.825. The number of ether oxygens (including phenoxy) is 2. The number of quaternary nitrogens is 1. The minimum Gasteiger partial charge on any atom is -0.756 e. The summed E-state index contributed by atoms with van der Waals surface area (Å²) in [6, 6.07) is 0. The Labute approximate surface area is 389 Å². The molecule has 1 unspecified atom stereocenters. The van der Waals surface area contributed by atoms with Gasteiger partial charge in [0.15, 0.2) is 6.10 Å². The van der Waals surface area contributed by atoms with Gasteiger partial charge in [0.25, 0.3) is 7.82 Å². The molecule has 0 aliphatic heterocycles. The first-order valence-electron chi connectivity index (χ1n) is 26.5. The van der Waals surface area contributed by atoms with Crippen molar-refractivity contribution < 1.29 is 42.1 Å². The fraction of sp³-hybridized carbons (Fsp3) is 0.887. The van der Waals surface area contributed by atoms with Gasteiger partial charge in [-0.05, 0) is 44.9 Å². The molecule has 0 aliphatic rings. The minimum atomic E-state index is -4.63. The Kier molecular flexibility index (Phi) is 44.5. The number of allylic oxidation sites excluding steroid dienone is 4. The fourth-order valence-corrected chi connectivity index (χ4v) is 8.30. The van der Waals surface area contributed by atoms with Crippen LogP contribution in [-0.2, 0) is 32.7 Å². The Morgan fingerprint density at radius 3 is 1.29 bits per heavy atom. The Bertz CT molecular complexity index is 1120. The lowest BCUT2D eigenvalue weighted by Crippen LogP contribution is -2.37. The topological polar surface area (TPSA) is 111 Å². The molecule has 63 heavy (non-hydrogen) atoms. The molecule has 0 bridgehead atoms. The molecule has 0 aromatic heterocycles. The standard InChI is InChI=1S/C53H102NO8P/c1-6-8-10-12-14-16-18-20-22-24-26-28-30-32-34-36-38-40-42-44-46-53(56)62-51(50-61-63(57,58)60-48-47-54(3,4)5)49-59-52(55)45-43-41-39-37-35-33-31-29-27-25-23-21-19-17-15-13-11-9-7-2/h15,17,21,23,51H,6-14,16,18-20,22,24-50H2,1-5H3/b17-15+,23-21+/t51-/m1/s1. The smallest absolute Gasteiger partial charge is 0.306 e. The molecule has 0 saturated carbocycles. The highest BCUT2D eigenvalue weighted by molar-refractivity contribution is 7.45. The normalized spacial score (nSPS) is 13.6. The summed E-state index contributed by atoms with van der Waals surface area (Å²) in [5, 5.41) is 0. The van der Waals surface area contributed by atoms with Crippen molar-refractivity contribution in [2.24, 2.45) is 0 Å². The van der Waals surface area contributed by atoms with E-state index in [0.29, 0.717) is 17.4 Å². The molecule has 2 atom stereocenters. The monoisotopic (exact) mass is 912 g/mol. The minimum absolute atomic E-state index is 0.0290. The molecule has 0 radical (unpaired) electrons. The number of unbranched alkanes of at least 4 members (excludes halogenated alkanes) is 31. The van der Waals surface area contributed by atoms with E-state index in [1.807, 2.05) is 21.1 Å². The zero-order valence-corrected chi connectivity index (χ0v) is 42.9.